The molecule has 1 aliphatic rings. The number of benzene rings is 2. The highest BCUT2D eigenvalue weighted by Gasteiger charge is 2.43. The minimum atomic E-state index is -0.659. The highest BCUT2D eigenvalue weighted by Crippen LogP contribution is 2.40. The fourth-order valence-electron chi connectivity index (χ4n) is 3.87. The summed E-state index contributed by atoms with van der Waals surface area (Å²) < 4.78 is 5.35. The van der Waals surface area contributed by atoms with Crippen LogP contribution in [0.25, 0.3) is 0 Å². The van der Waals surface area contributed by atoms with Crippen LogP contribution in [0.2, 0.25) is 0 Å². The van der Waals surface area contributed by atoms with Crippen molar-refractivity contribution in [1.82, 2.24) is 4.90 Å². The van der Waals surface area contributed by atoms with Gasteiger partial charge in [-0.25, -0.2) is 0 Å². The van der Waals surface area contributed by atoms with Gasteiger partial charge in [-0.15, -0.1) is 11.3 Å². The van der Waals surface area contributed by atoms with E-state index in [1.807, 2.05) is 72.1 Å². The van der Waals surface area contributed by atoms with E-state index < -0.39 is 17.7 Å². The molecular formula is C25H23NO4S. The number of nitrogens with zero attached hydrogens (tertiary/aromatic N) is 1. The largest absolute Gasteiger partial charge is 0.503 e. The molecule has 3 aromatic rings. The lowest BCUT2D eigenvalue weighted by atomic mass is 9.93. The van der Waals surface area contributed by atoms with Crippen LogP contribution in [-0.2, 0) is 22.6 Å². The number of ketones is 1. The Kier molecular flexibility index (Phi) is 6.18. The first-order valence-corrected chi connectivity index (χ1v) is 10.9. The number of rotatable bonds is 8. The Morgan fingerprint density at radius 1 is 1.10 bits per heavy atom. The number of Topliss-reactive ketones (excluding diaryl/α,β-unsaturated/α-hetero) is 1. The number of carbonyl (C=O) groups excluding carboxylic acids is 2. The monoisotopic (exact) mass is 433 g/mol. The van der Waals surface area contributed by atoms with E-state index in [9.17, 15) is 14.7 Å². The minimum absolute atomic E-state index is 0.158. The third-order valence-electron chi connectivity index (χ3n) is 5.40. The quantitative estimate of drug-likeness (QED) is 0.551. The van der Waals surface area contributed by atoms with Crippen LogP contribution in [-0.4, -0.2) is 28.8 Å². The van der Waals surface area contributed by atoms with E-state index in [1.54, 1.807) is 12.0 Å². The number of carbonyl (C=O) groups is 2. The second kappa shape index (κ2) is 9.18. The first kappa shape index (κ1) is 20.9. The zero-order valence-electron chi connectivity index (χ0n) is 17.2. The number of aliphatic hydroxyl groups excluding tert-OH is 1. The van der Waals surface area contributed by atoms with Crippen LogP contribution in [0.1, 0.15) is 28.5 Å². The molecule has 1 N–H and O–H groups in total. The third kappa shape index (κ3) is 4.39. The van der Waals surface area contributed by atoms with Gasteiger partial charge in [0, 0.05) is 11.3 Å². The molecule has 0 saturated carbocycles. The summed E-state index contributed by atoms with van der Waals surface area (Å²) in [5, 5.41) is 12.7. The number of ether oxygens (including phenoxy) is 1. The molecular weight excluding hydrogens is 410 g/mol. The number of thiophene rings is 1. The second-order valence-electron chi connectivity index (χ2n) is 7.36. The number of hydrogen-bond donors (Lipinski definition) is 1. The fraction of sp³-hybridized carbons (Fsp3) is 0.200. The number of aliphatic hydroxyl groups is 1. The van der Waals surface area contributed by atoms with Crippen LogP contribution in [0, 0.1) is 0 Å². The summed E-state index contributed by atoms with van der Waals surface area (Å²) in [6.45, 7) is 0.317. The van der Waals surface area contributed by atoms with Crippen molar-refractivity contribution in [2.45, 2.75) is 25.4 Å². The van der Waals surface area contributed by atoms with Crippen molar-refractivity contribution in [3.8, 4) is 5.75 Å². The maximum absolute atomic E-state index is 13.2. The first-order valence-electron chi connectivity index (χ1n) is 10.1. The van der Waals surface area contributed by atoms with Crippen molar-refractivity contribution in [1.29, 1.82) is 0 Å². The van der Waals surface area contributed by atoms with Gasteiger partial charge >= 0.3 is 0 Å². The highest BCUT2D eigenvalue weighted by molar-refractivity contribution is 7.09. The molecule has 4 rings (SSSR count). The van der Waals surface area contributed by atoms with Crippen molar-refractivity contribution in [3.05, 3.63) is 99.4 Å². The Labute approximate surface area is 185 Å². The van der Waals surface area contributed by atoms with Crippen LogP contribution >= 0.6 is 11.3 Å². The van der Waals surface area contributed by atoms with Crippen molar-refractivity contribution in [2.24, 2.45) is 0 Å². The van der Waals surface area contributed by atoms with Gasteiger partial charge in [0.15, 0.2) is 11.5 Å². The fourth-order valence-corrected chi connectivity index (χ4v) is 4.57. The summed E-state index contributed by atoms with van der Waals surface area (Å²) in [5.74, 6) is -0.577. The Hall–Kier alpha value is -3.38. The van der Waals surface area contributed by atoms with Crippen LogP contribution in [0.3, 0.4) is 0 Å². The molecule has 1 aromatic heterocycles. The molecule has 5 nitrogen and oxygen atoms in total. The van der Waals surface area contributed by atoms with E-state index in [0.29, 0.717) is 18.7 Å². The molecule has 0 saturated heterocycles. The highest BCUT2D eigenvalue weighted by atomic mass is 32.1. The van der Waals surface area contributed by atoms with E-state index in [1.165, 1.54) is 11.3 Å². The summed E-state index contributed by atoms with van der Waals surface area (Å²) in [6.07, 6.45) is 0.754. The Morgan fingerprint density at radius 2 is 1.90 bits per heavy atom. The van der Waals surface area contributed by atoms with Gasteiger partial charge in [0.1, 0.15) is 5.75 Å². The molecule has 0 aliphatic carbocycles. The molecule has 158 valence electrons. The van der Waals surface area contributed by atoms with Crippen molar-refractivity contribution < 1.29 is 19.4 Å². The Balaban J connectivity index is 1.67. The third-order valence-corrected chi connectivity index (χ3v) is 6.26. The molecule has 1 aliphatic heterocycles. The molecule has 0 fully saturated rings. The zero-order valence-corrected chi connectivity index (χ0v) is 18.0. The minimum Gasteiger partial charge on any atom is -0.503 e. The van der Waals surface area contributed by atoms with Gasteiger partial charge in [0.25, 0.3) is 5.91 Å². The molecule has 31 heavy (non-hydrogen) atoms. The van der Waals surface area contributed by atoms with Gasteiger partial charge in [-0.05, 0) is 41.1 Å². The van der Waals surface area contributed by atoms with Crippen LogP contribution in [0.15, 0.2) is 83.4 Å². The van der Waals surface area contributed by atoms with Crippen LogP contribution in [0.5, 0.6) is 5.75 Å². The SMILES string of the molecule is COc1cccc(C2C(C(=O)CCc3ccccc3)=C(O)C(=O)N2Cc2cccs2)c1. The van der Waals surface area contributed by atoms with Gasteiger partial charge in [-0.1, -0.05) is 48.5 Å². The number of amides is 1. The van der Waals surface area contributed by atoms with Crippen LogP contribution < -0.4 is 4.74 Å². The maximum Gasteiger partial charge on any atom is 0.290 e. The molecule has 0 spiro atoms. The number of aryl methyl sites for hydroxylation is 1. The molecule has 1 atom stereocenters. The molecule has 0 radical (unpaired) electrons. The van der Waals surface area contributed by atoms with Gasteiger partial charge in [-0.2, -0.15) is 0 Å². The summed E-state index contributed by atoms with van der Waals surface area (Å²) in [4.78, 5) is 28.8. The molecule has 1 amide bonds. The smallest absolute Gasteiger partial charge is 0.290 e. The molecule has 6 heteroatoms. The summed E-state index contributed by atoms with van der Waals surface area (Å²) in [5.41, 5.74) is 1.93. The van der Waals surface area contributed by atoms with Crippen molar-refractivity contribution in [2.75, 3.05) is 7.11 Å². The number of methoxy groups -OCH3 is 1. The topological polar surface area (TPSA) is 66.8 Å². The molecule has 2 heterocycles. The zero-order chi connectivity index (χ0) is 21.8. The summed E-state index contributed by atoms with van der Waals surface area (Å²) >= 11 is 1.53. The predicted molar refractivity (Wildman–Crippen MR) is 120 cm³/mol. The van der Waals surface area contributed by atoms with Crippen LogP contribution in [0.4, 0.5) is 0 Å². The number of hydrogen-bond acceptors (Lipinski definition) is 5. The average molecular weight is 434 g/mol. The average Bonchev–Trinajstić information content (AvgIpc) is 3.40. The lowest BCUT2D eigenvalue weighted by Gasteiger charge is -2.26. The molecule has 2 aromatic carbocycles. The maximum atomic E-state index is 13.2. The standard InChI is InChI=1S/C25H23NO4S/c1-30-19-10-5-9-18(15-19)23-22(21(27)13-12-17-7-3-2-4-8-17)24(28)25(29)26(23)16-20-11-6-14-31-20/h2-11,14-15,23,28H,12-13,16H2,1H3. The molecule has 0 bridgehead atoms. The van der Waals surface area contributed by atoms with Gasteiger partial charge in [-0.3, -0.25) is 9.59 Å². The van der Waals surface area contributed by atoms with E-state index in [4.69, 9.17) is 4.74 Å². The first-order chi connectivity index (χ1) is 15.1. The Morgan fingerprint density at radius 3 is 2.61 bits per heavy atom. The van der Waals surface area contributed by atoms with E-state index in [-0.39, 0.29) is 17.8 Å². The van der Waals surface area contributed by atoms with Gasteiger partial charge < -0.3 is 14.7 Å². The Bertz CT molecular complexity index is 1110. The van der Waals surface area contributed by atoms with E-state index in [2.05, 4.69) is 0 Å². The lowest BCUT2D eigenvalue weighted by molar-refractivity contribution is -0.130. The van der Waals surface area contributed by atoms with E-state index >= 15 is 0 Å². The summed E-state index contributed by atoms with van der Waals surface area (Å²) in [6, 6.07) is 20.2. The van der Waals surface area contributed by atoms with Gasteiger partial charge in [0.2, 0.25) is 0 Å². The summed E-state index contributed by atoms with van der Waals surface area (Å²) in [7, 11) is 1.57. The van der Waals surface area contributed by atoms with E-state index in [0.717, 1.165) is 16.0 Å². The lowest BCUT2D eigenvalue weighted by Crippen LogP contribution is -2.30. The van der Waals surface area contributed by atoms with Crippen molar-refractivity contribution >= 4 is 23.0 Å². The predicted octanol–water partition coefficient (Wildman–Crippen LogP) is 4.85. The van der Waals surface area contributed by atoms with Gasteiger partial charge in [0.05, 0.1) is 25.3 Å². The normalized spacial score (nSPS) is 16.1. The second-order valence-corrected chi connectivity index (χ2v) is 8.39. The van der Waals surface area contributed by atoms with Crippen molar-refractivity contribution in [3.63, 3.8) is 0 Å². The molecule has 1 unspecified atom stereocenters.